The van der Waals surface area contributed by atoms with Crippen LogP contribution in [0.15, 0.2) is 48.5 Å². The zero-order valence-corrected chi connectivity index (χ0v) is 13.6. The third kappa shape index (κ3) is 4.23. The highest BCUT2D eigenvalue weighted by Gasteiger charge is 2.05. The van der Waals surface area contributed by atoms with E-state index < -0.39 is 9.52 Å². The van der Waals surface area contributed by atoms with Gasteiger partial charge in [0, 0.05) is 25.2 Å². The first kappa shape index (κ1) is 15.9. The standard InChI is InChI=1S/C16H24N4Si/c17-9-15(19)11-1-5-13(6-2-11)21-14-7-3-12(4-8-14)16(20)10-18/h1-8,15-16H,9-10,17-21H2. The normalized spacial score (nSPS) is 14.5. The second-order valence-electron chi connectivity index (χ2n) is 5.34. The molecular formula is C16H24N4Si. The molecule has 2 unspecified atom stereocenters. The molecule has 5 heteroatoms. The summed E-state index contributed by atoms with van der Waals surface area (Å²) < 4.78 is 0. The molecule has 0 aromatic heterocycles. The summed E-state index contributed by atoms with van der Waals surface area (Å²) in [5.74, 6) is 0. The second-order valence-corrected chi connectivity index (χ2v) is 7.33. The molecule has 0 saturated heterocycles. The Bertz CT molecular complexity index is 502. The van der Waals surface area contributed by atoms with Gasteiger partial charge in [0.2, 0.25) is 0 Å². The van der Waals surface area contributed by atoms with Crippen LogP contribution in [0, 0.1) is 0 Å². The van der Waals surface area contributed by atoms with E-state index >= 15 is 0 Å². The van der Waals surface area contributed by atoms with E-state index in [4.69, 9.17) is 22.9 Å². The maximum atomic E-state index is 5.92. The van der Waals surface area contributed by atoms with Crippen LogP contribution in [-0.2, 0) is 0 Å². The second kappa shape index (κ2) is 7.49. The molecule has 0 amide bonds. The number of nitrogens with two attached hydrogens (primary N) is 4. The molecule has 0 aliphatic heterocycles. The van der Waals surface area contributed by atoms with Crippen LogP contribution < -0.4 is 33.3 Å². The highest BCUT2D eigenvalue weighted by Crippen LogP contribution is 2.07. The van der Waals surface area contributed by atoms with Crippen LogP contribution >= 0.6 is 0 Å². The summed E-state index contributed by atoms with van der Waals surface area (Å²) in [6.07, 6.45) is 0. The van der Waals surface area contributed by atoms with Crippen LogP contribution in [0.3, 0.4) is 0 Å². The molecule has 4 nitrogen and oxygen atoms in total. The summed E-state index contributed by atoms with van der Waals surface area (Å²) in [5.41, 5.74) is 25.2. The Morgan fingerprint density at radius 3 is 1.29 bits per heavy atom. The van der Waals surface area contributed by atoms with Gasteiger partial charge in [0.15, 0.2) is 0 Å². The summed E-state index contributed by atoms with van der Waals surface area (Å²) in [6.45, 7) is 0.944. The molecule has 0 saturated carbocycles. The largest absolute Gasteiger partial charge is 0.329 e. The van der Waals surface area contributed by atoms with Gasteiger partial charge in [0.25, 0.3) is 0 Å². The first-order valence-electron chi connectivity index (χ1n) is 7.23. The zero-order valence-electron chi connectivity index (χ0n) is 12.2. The van der Waals surface area contributed by atoms with Gasteiger partial charge in [0.1, 0.15) is 0 Å². The fraction of sp³-hybridized carbons (Fsp3) is 0.250. The lowest BCUT2D eigenvalue weighted by Crippen LogP contribution is -2.28. The number of benzene rings is 2. The minimum atomic E-state index is -0.472. The highest BCUT2D eigenvalue weighted by molar-refractivity contribution is 6.67. The molecule has 0 spiro atoms. The van der Waals surface area contributed by atoms with Crippen molar-refractivity contribution in [2.75, 3.05) is 13.1 Å². The van der Waals surface area contributed by atoms with E-state index in [0.29, 0.717) is 13.1 Å². The molecule has 21 heavy (non-hydrogen) atoms. The smallest absolute Gasteiger partial charge is 0.0875 e. The molecule has 0 fully saturated rings. The van der Waals surface area contributed by atoms with E-state index in [1.807, 2.05) is 0 Å². The van der Waals surface area contributed by atoms with Crippen molar-refractivity contribution < 1.29 is 0 Å². The van der Waals surface area contributed by atoms with Gasteiger partial charge >= 0.3 is 0 Å². The van der Waals surface area contributed by atoms with E-state index in [0.717, 1.165) is 11.1 Å². The topological polar surface area (TPSA) is 104 Å². The van der Waals surface area contributed by atoms with Crippen molar-refractivity contribution in [3.63, 3.8) is 0 Å². The Morgan fingerprint density at radius 2 is 1.00 bits per heavy atom. The van der Waals surface area contributed by atoms with E-state index in [-0.39, 0.29) is 12.1 Å². The van der Waals surface area contributed by atoms with Gasteiger partial charge in [0.05, 0.1) is 9.52 Å². The molecule has 2 aromatic carbocycles. The van der Waals surface area contributed by atoms with E-state index in [1.54, 1.807) is 0 Å². The van der Waals surface area contributed by atoms with Gasteiger partial charge in [-0.25, -0.2) is 0 Å². The lowest BCUT2D eigenvalue weighted by Gasteiger charge is -2.11. The first-order chi connectivity index (χ1) is 10.1. The third-order valence-corrected chi connectivity index (χ3v) is 5.49. The molecule has 0 radical (unpaired) electrons. The summed E-state index contributed by atoms with van der Waals surface area (Å²) >= 11 is 0. The lowest BCUT2D eigenvalue weighted by atomic mass is 10.1. The predicted octanol–water partition coefficient (Wildman–Crippen LogP) is -1.28. The van der Waals surface area contributed by atoms with Gasteiger partial charge in [-0.15, -0.1) is 0 Å². The Morgan fingerprint density at radius 1 is 0.667 bits per heavy atom. The summed E-state index contributed by atoms with van der Waals surface area (Å²) in [7, 11) is -0.472. The van der Waals surface area contributed by atoms with E-state index in [9.17, 15) is 0 Å². The van der Waals surface area contributed by atoms with Crippen molar-refractivity contribution >= 4 is 19.9 Å². The number of hydrogen-bond acceptors (Lipinski definition) is 4. The number of rotatable bonds is 6. The summed E-state index contributed by atoms with van der Waals surface area (Å²) in [5, 5.41) is 2.78. The lowest BCUT2D eigenvalue weighted by molar-refractivity contribution is 0.737. The van der Waals surface area contributed by atoms with Crippen molar-refractivity contribution in [3.05, 3.63) is 59.7 Å². The fourth-order valence-corrected chi connectivity index (χ4v) is 3.69. The Kier molecular flexibility index (Phi) is 5.66. The van der Waals surface area contributed by atoms with Crippen molar-refractivity contribution in [3.8, 4) is 0 Å². The van der Waals surface area contributed by atoms with Crippen LogP contribution in [0.1, 0.15) is 23.2 Å². The van der Waals surface area contributed by atoms with E-state index in [1.165, 1.54) is 10.4 Å². The molecule has 2 rings (SSSR count). The van der Waals surface area contributed by atoms with Crippen LogP contribution in [0.4, 0.5) is 0 Å². The van der Waals surface area contributed by atoms with Crippen molar-refractivity contribution in [1.29, 1.82) is 0 Å². The SMILES string of the molecule is NCC(N)c1ccc([SiH2]c2ccc(C(N)CN)cc2)cc1. The van der Waals surface area contributed by atoms with Crippen LogP contribution in [0.5, 0.6) is 0 Å². The van der Waals surface area contributed by atoms with Crippen molar-refractivity contribution in [2.45, 2.75) is 12.1 Å². The van der Waals surface area contributed by atoms with Gasteiger partial charge < -0.3 is 22.9 Å². The average molecular weight is 300 g/mol. The van der Waals surface area contributed by atoms with Gasteiger partial charge in [-0.2, -0.15) is 0 Å². The molecule has 0 bridgehead atoms. The van der Waals surface area contributed by atoms with Crippen LogP contribution in [0.2, 0.25) is 0 Å². The molecule has 0 aliphatic rings. The van der Waals surface area contributed by atoms with Crippen molar-refractivity contribution in [1.82, 2.24) is 0 Å². The highest BCUT2D eigenvalue weighted by atomic mass is 28.2. The van der Waals surface area contributed by atoms with Gasteiger partial charge in [-0.1, -0.05) is 58.9 Å². The van der Waals surface area contributed by atoms with Gasteiger partial charge in [-0.05, 0) is 11.1 Å². The molecule has 8 N–H and O–H groups in total. The van der Waals surface area contributed by atoms with Crippen LogP contribution in [0.25, 0.3) is 0 Å². The minimum Gasteiger partial charge on any atom is -0.329 e. The van der Waals surface area contributed by atoms with Crippen LogP contribution in [-0.4, -0.2) is 22.6 Å². The molecule has 0 aliphatic carbocycles. The summed E-state index contributed by atoms with van der Waals surface area (Å²) in [6, 6.07) is 16.8. The quantitative estimate of drug-likeness (QED) is 0.499. The van der Waals surface area contributed by atoms with Crippen molar-refractivity contribution in [2.24, 2.45) is 22.9 Å². The fourth-order valence-electron chi connectivity index (χ4n) is 2.27. The first-order valence-corrected chi connectivity index (χ1v) is 8.64. The molecular weight excluding hydrogens is 276 g/mol. The minimum absolute atomic E-state index is 0.0715. The van der Waals surface area contributed by atoms with Gasteiger partial charge in [-0.3, -0.25) is 0 Å². The average Bonchev–Trinajstić information content (AvgIpc) is 2.55. The monoisotopic (exact) mass is 300 g/mol. The predicted molar refractivity (Wildman–Crippen MR) is 92.7 cm³/mol. The zero-order chi connectivity index (χ0) is 15.2. The third-order valence-electron chi connectivity index (χ3n) is 3.73. The maximum absolute atomic E-state index is 5.92. The Hall–Kier alpha value is -1.50. The molecule has 2 aromatic rings. The summed E-state index contributed by atoms with van der Waals surface area (Å²) in [4.78, 5) is 0. The number of hydrogen-bond donors (Lipinski definition) is 4. The Balaban J connectivity index is 2.04. The maximum Gasteiger partial charge on any atom is 0.0875 e. The molecule has 0 heterocycles. The van der Waals surface area contributed by atoms with E-state index in [2.05, 4.69) is 48.5 Å². The molecule has 112 valence electrons. The molecule has 2 atom stereocenters. The Labute approximate surface area is 128 Å².